The van der Waals surface area contributed by atoms with Crippen molar-refractivity contribution in [1.82, 2.24) is 4.90 Å². The molecule has 0 aliphatic carbocycles. The van der Waals surface area contributed by atoms with Crippen LogP contribution in [0.1, 0.15) is 25.0 Å². The van der Waals surface area contributed by atoms with E-state index in [1.165, 1.54) is 11.1 Å². The van der Waals surface area contributed by atoms with Gasteiger partial charge >= 0.3 is 0 Å². The maximum Gasteiger partial charge on any atom is 0.0845 e. The smallest absolute Gasteiger partial charge is 0.0845 e. The molecule has 0 bridgehead atoms. The Balaban J connectivity index is 2.07. The summed E-state index contributed by atoms with van der Waals surface area (Å²) in [6.07, 6.45) is 0.138. The van der Waals surface area contributed by atoms with E-state index < -0.39 is 0 Å². The fourth-order valence-electron chi connectivity index (χ4n) is 2.65. The van der Waals surface area contributed by atoms with Crippen molar-refractivity contribution in [1.29, 1.82) is 0 Å². The molecule has 3 heteroatoms. The van der Waals surface area contributed by atoms with Gasteiger partial charge in [-0.05, 0) is 31.9 Å². The predicted octanol–water partition coefficient (Wildman–Crippen LogP) is 3.21. The van der Waals surface area contributed by atoms with Gasteiger partial charge in [-0.15, -0.1) is 11.6 Å². The SMILES string of the molecule is Cc1ccccc1CN1CC(CCl)OC(C)(C)C1. The van der Waals surface area contributed by atoms with Gasteiger partial charge in [0.05, 0.1) is 11.7 Å². The third kappa shape index (κ3) is 3.47. The average Bonchev–Trinajstić information content (AvgIpc) is 2.30. The Bertz CT molecular complexity index is 405. The third-order valence-electron chi connectivity index (χ3n) is 3.38. The summed E-state index contributed by atoms with van der Waals surface area (Å²) in [6.45, 7) is 9.29. The molecule has 100 valence electrons. The van der Waals surface area contributed by atoms with E-state index in [0.717, 1.165) is 19.6 Å². The number of alkyl halides is 1. The molecule has 0 radical (unpaired) electrons. The molecular formula is C15H22ClNO. The van der Waals surface area contributed by atoms with Gasteiger partial charge in [-0.3, -0.25) is 4.90 Å². The Labute approximate surface area is 115 Å². The van der Waals surface area contributed by atoms with Gasteiger partial charge in [-0.1, -0.05) is 24.3 Å². The molecule has 1 saturated heterocycles. The van der Waals surface area contributed by atoms with Gasteiger partial charge in [0.25, 0.3) is 0 Å². The van der Waals surface area contributed by atoms with Crippen LogP contribution in [-0.4, -0.2) is 35.6 Å². The number of halogens is 1. The summed E-state index contributed by atoms with van der Waals surface area (Å²) in [6, 6.07) is 8.56. The van der Waals surface area contributed by atoms with E-state index in [0.29, 0.717) is 5.88 Å². The highest BCUT2D eigenvalue weighted by Gasteiger charge is 2.32. The molecule has 1 aromatic rings. The first kappa shape index (κ1) is 13.9. The Morgan fingerprint density at radius 2 is 2.11 bits per heavy atom. The van der Waals surface area contributed by atoms with Crippen molar-refractivity contribution in [2.75, 3.05) is 19.0 Å². The van der Waals surface area contributed by atoms with Crippen LogP contribution in [0.25, 0.3) is 0 Å². The minimum atomic E-state index is -0.111. The lowest BCUT2D eigenvalue weighted by Crippen LogP contribution is -2.52. The van der Waals surface area contributed by atoms with E-state index in [2.05, 4.69) is 49.9 Å². The first-order valence-electron chi connectivity index (χ1n) is 6.51. The van der Waals surface area contributed by atoms with E-state index in [4.69, 9.17) is 16.3 Å². The van der Waals surface area contributed by atoms with Crippen molar-refractivity contribution >= 4 is 11.6 Å². The fraction of sp³-hybridized carbons (Fsp3) is 0.600. The molecule has 1 unspecified atom stereocenters. The van der Waals surface area contributed by atoms with Crippen molar-refractivity contribution in [3.05, 3.63) is 35.4 Å². The topological polar surface area (TPSA) is 12.5 Å². The molecule has 18 heavy (non-hydrogen) atoms. The summed E-state index contributed by atoms with van der Waals surface area (Å²) >= 11 is 5.96. The maximum atomic E-state index is 5.96. The van der Waals surface area contributed by atoms with Gasteiger partial charge in [-0.2, -0.15) is 0 Å². The minimum absolute atomic E-state index is 0.111. The fourth-order valence-corrected chi connectivity index (χ4v) is 2.81. The minimum Gasteiger partial charge on any atom is -0.368 e. The molecule has 0 spiro atoms. The van der Waals surface area contributed by atoms with Gasteiger partial charge in [-0.25, -0.2) is 0 Å². The number of rotatable bonds is 3. The van der Waals surface area contributed by atoms with E-state index >= 15 is 0 Å². The Morgan fingerprint density at radius 1 is 1.39 bits per heavy atom. The number of hydrogen-bond donors (Lipinski definition) is 0. The van der Waals surface area contributed by atoms with E-state index in [1.807, 2.05) is 0 Å². The van der Waals surface area contributed by atoms with Crippen molar-refractivity contribution in [2.45, 2.75) is 39.0 Å². The standard InChI is InChI=1S/C15H22ClNO/c1-12-6-4-5-7-13(12)9-17-10-14(8-16)18-15(2,3)11-17/h4-7,14H,8-11H2,1-3H3. The molecule has 2 rings (SSSR count). The highest BCUT2D eigenvalue weighted by molar-refractivity contribution is 6.18. The predicted molar refractivity (Wildman–Crippen MR) is 76.1 cm³/mol. The second kappa shape index (κ2) is 5.60. The Morgan fingerprint density at radius 3 is 2.78 bits per heavy atom. The van der Waals surface area contributed by atoms with Crippen LogP contribution >= 0.6 is 11.6 Å². The highest BCUT2D eigenvalue weighted by Crippen LogP contribution is 2.23. The zero-order valence-corrected chi connectivity index (χ0v) is 12.2. The van der Waals surface area contributed by atoms with Crippen LogP contribution in [-0.2, 0) is 11.3 Å². The molecule has 1 atom stereocenters. The second-order valence-corrected chi connectivity index (χ2v) is 6.06. The molecule has 0 saturated carbocycles. The molecule has 1 aliphatic rings. The maximum absolute atomic E-state index is 5.96. The molecular weight excluding hydrogens is 246 g/mol. The van der Waals surface area contributed by atoms with Crippen molar-refractivity contribution in [2.24, 2.45) is 0 Å². The van der Waals surface area contributed by atoms with Crippen LogP contribution < -0.4 is 0 Å². The Kier molecular flexibility index (Phi) is 4.31. The van der Waals surface area contributed by atoms with Gasteiger partial charge in [0.2, 0.25) is 0 Å². The zero-order chi connectivity index (χ0) is 13.2. The molecule has 0 aromatic heterocycles. The van der Waals surface area contributed by atoms with Crippen LogP contribution in [0.3, 0.4) is 0 Å². The first-order valence-corrected chi connectivity index (χ1v) is 7.04. The molecule has 1 heterocycles. The lowest BCUT2D eigenvalue weighted by atomic mass is 10.0. The summed E-state index contributed by atoms with van der Waals surface area (Å²) in [7, 11) is 0. The number of nitrogens with zero attached hydrogens (tertiary/aromatic N) is 1. The number of hydrogen-bond acceptors (Lipinski definition) is 2. The summed E-state index contributed by atoms with van der Waals surface area (Å²) in [5.41, 5.74) is 2.63. The van der Waals surface area contributed by atoms with Gasteiger partial charge in [0.15, 0.2) is 0 Å². The normalized spacial score (nSPS) is 24.1. The summed E-state index contributed by atoms with van der Waals surface area (Å²) in [5.74, 6) is 0.563. The molecule has 1 fully saturated rings. The van der Waals surface area contributed by atoms with Crippen LogP contribution in [0, 0.1) is 6.92 Å². The second-order valence-electron chi connectivity index (χ2n) is 5.75. The van der Waals surface area contributed by atoms with Gasteiger partial charge in [0.1, 0.15) is 0 Å². The number of morpholine rings is 1. The van der Waals surface area contributed by atoms with Crippen molar-refractivity contribution in [3.8, 4) is 0 Å². The highest BCUT2D eigenvalue weighted by atomic mass is 35.5. The van der Waals surface area contributed by atoms with E-state index in [-0.39, 0.29) is 11.7 Å². The quantitative estimate of drug-likeness (QED) is 0.780. The first-order chi connectivity index (χ1) is 8.50. The van der Waals surface area contributed by atoms with Crippen LogP contribution in [0.4, 0.5) is 0 Å². The third-order valence-corrected chi connectivity index (χ3v) is 3.72. The average molecular weight is 268 g/mol. The van der Waals surface area contributed by atoms with E-state index in [9.17, 15) is 0 Å². The lowest BCUT2D eigenvalue weighted by molar-refractivity contribution is -0.129. The molecule has 0 N–H and O–H groups in total. The number of benzene rings is 1. The lowest BCUT2D eigenvalue weighted by Gasteiger charge is -2.42. The van der Waals surface area contributed by atoms with Crippen LogP contribution in [0.5, 0.6) is 0 Å². The van der Waals surface area contributed by atoms with Crippen molar-refractivity contribution in [3.63, 3.8) is 0 Å². The molecule has 2 nitrogen and oxygen atoms in total. The Hall–Kier alpha value is -0.570. The molecule has 0 amide bonds. The molecule has 1 aliphatic heterocycles. The largest absolute Gasteiger partial charge is 0.368 e. The number of ether oxygens (including phenoxy) is 1. The summed E-state index contributed by atoms with van der Waals surface area (Å²) < 4.78 is 5.95. The van der Waals surface area contributed by atoms with Crippen molar-refractivity contribution < 1.29 is 4.74 Å². The van der Waals surface area contributed by atoms with Crippen LogP contribution in [0.2, 0.25) is 0 Å². The monoisotopic (exact) mass is 267 g/mol. The van der Waals surface area contributed by atoms with E-state index in [1.54, 1.807) is 0 Å². The molecule has 1 aromatic carbocycles. The van der Waals surface area contributed by atoms with Gasteiger partial charge < -0.3 is 4.74 Å². The van der Waals surface area contributed by atoms with Crippen LogP contribution in [0.15, 0.2) is 24.3 Å². The zero-order valence-electron chi connectivity index (χ0n) is 11.4. The summed E-state index contributed by atoms with van der Waals surface area (Å²) in [4.78, 5) is 2.44. The van der Waals surface area contributed by atoms with Gasteiger partial charge in [0, 0.05) is 25.5 Å². The summed E-state index contributed by atoms with van der Waals surface area (Å²) in [5, 5.41) is 0. The number of aryl methyl sites for hydroxylation is 1.